The second-order valence-corrected chi connectivity index (χ2v) is 7.91. The largest absolute Gasteiger partial charge is 0.321 e. The Morgan fingerprint density at radius 1 is 0.897 bits per heavy atom. The first-order valence-corrected chi connectivity index (χ1v) is 10.1. The second kappa shape index (κ2) is 8.63. The summed E-state index contributed by atoms with van der Waals surface area (Å²) in [5, 5.41) is 2.75. The van der Waals surface area contributed by atoms with Crippen molar-refractivity contribution in [1.82, 2.24) is 4.41 Å². The quantitative estimate of drug-likeness (QED) is 0.275. The van der Waals surface area contributed by atoms with Crippen molar-refractivity contribution in [3.05, 3.63) is 90.8 Å². The third-order valence-electron chi connectivity index (χ3n) is 4.02. The van der Waals surface area contributed by atoms with Gasteiger partial charge in [-0.2, -0.15) is 17.4 Å². The van der Waals surface area contributed by atoms with Gasteiger partial charge < -0.3 is 5.32 Å². The number of pyridine rings is 1. The molecule has 1 aromatic heterocycles. The standard InChI is InChI=1S/C20H18N4O4S/c21-24(29(27,28)18-9-5-2-6-10-18)20(26)16-11-13-23(14-12-16)15-19(25)22-17-7-3-1-4-8-17/h1-14H,15,21H2/p+1. The van der Waals surface area contributed by atoms with Crippen LogP contribution in [0.4, 0.5) is 5.69 Å². The summed E-state index contributed by atoms with van der Waals surface area (Å²) >= 11 is 0. The summed E-state index contributed by atoms with van der Waals surface area (Å²) in [7, 11) is -4.16. The lowest BCUT2D eigenvalue weighted by Crippen LogP contribution is -2.43. The normalized spacial score (nSPS) is 10.9. The zero-order valence-corrected chi connectivity index (χ0v) is 16.1. The number of para-hydroxylation sites is 1. The molecule has 0 aliphatic rings. The molecule has 0 fully saturated rings. The number of sulfonamides is 1. The Morgan fingerprint density at radius 2 is 1.45 bits per heavy atom. The maximum Gasteiger partial charge on any atom is 0.290 e. The van der Waals surface area contributed by atoms with E-state index in [9.17, 15) is 18.0 Å². The minimum atomic E-state index is -4.16. The lowest BCUT2D eigenvalue weighted by Gasteiger charge is -2.16. The van der Waals surface area contributed by atoms with Crippen molar-refractivity contribution < 1.29 is 22.6 Å². The first-order valence-electron chi connectivity index (χ1n) is 8.61. The number of nitrogens with zero attached hydrogens (tertiary/aromatic N) is 2. The first-order chi connectivity index (χ1) is 13.9. The molecule has 2 aromatic carbocycles. The van der Waals surface area contributed by atoms with Gasteiger partial charge in [-0.05, 0) is 24.3 Å². The molecule has 0 aliphatic heterocycles. The number of nitrogens with two attached hydrogens (primary N) is 1. The highest BCUT2D eigenvalue weighted by atomic mass is 32.2. The monoisotopic (exact) mass is 411 g/mol. The Kier molecular flexibility index (Phi) is 6.01. The van der Waals surface area contributed by atoms with E-state index < -0.39 is 15.9 Å². The smallest absolute Gasteiger partial charge is 0.290 e. The highest BCUT2D eigenvalue weighted by Crippen LogP contribution is 2.14. The summed E-state index contributed by atoms with van der Waals surface area (Å²) in [6.45, 7) is 0.0258. The third kappa shape index (κ3) is 4.84. The molecule has 8 nitrogen and oxygen atoms in total. The van der Waals surface area contributed by atoms with Gasteiger partial charge in [0, 0.05) is 17.8 Å². The number of benzene rings is 2. The van der Waals surface area contributed by atoms with Crippen molar-refractivity contribution in [3.8, 4) is 0 Å². The van der Waals surface area contributed by atoms with Crippen LogP contribution in [0.3, 0.4) is 0 Å². The van der Waals surface area contributed by atoms with E-state index >= 15 is 0 Å². The molecule has 0 spiro atoms. The van der Waals surface area contributed by atoms with Crippen LogP contribution in [0, 0.1) is 0 Å². The lowest BCUT2D eigenvalue weighted by atomic mass is 10.2. The summed E-state index contributed by atoms with van der Waals surface area (Å²) in [6.07, 6.45) is 3.00. The highest BCUT2D eigenvalue weighted by molar-refractivity contribution is 7.89. The molecule has 0 saturated carbocycles. The predicted octanol–water partition coefficient (Wildman–Crippen LogP) is 1.32. The Hall–Kier alpha value is -3.56. The molecule has 0 atom stereocenters. The van der Waals surface area contributed by atoms with Crippen molar-refractivity contribution in [2.75, 3.05) is 5.32 Å². The van der Waals surface area contributed by atoms with E-state index in [1.165, 1.54) is 48.8 Å². The molecule has 3 N–H and O–H groups in total. The number of carbonyl (C=O) groups is 2. The van der Waals surface area contributed by atoms with Crippen LogP contribution in [0.15, 0.2) is 90.1 Å². The molecule has 29 heavy (non-hydrogen) atoms. The Balaban J connectivity index is 1.68. The molecule has 0 aliphatic carbocycles. The second-order valence-electron chi connectivity index (χ2n) is 6.09. The topological polar surface area (TPSA) is 113 Å². The number of hydrazine groups is 1. The van der Waals surface area contributed by atoms with Gasteiger partial charge in [0.15, 0.2) is 12.4 Å². The molecular weight excluding hydrogens is 392 g/mol. The number of amides is 2. The van der Waals surface area contributed by atoms with E-state index in [1.807, 2.05) is 18.2 Å². The van der Waals surface area contributed by atoms with Crippen LogP contribution in [0.1, 0.15) is 10.4 Å². The predicted molar refractivity (Wildman–Crippen MR) is 106 cm³/mol. The first kappa shape index (κ1) is 20.2. The van der Waals surface area contributed by atoms with E-state index in [0.29, 0.717) is 5.69 Å². The van der Waals surface area contributed by atoms with Crippen molar-refractivity contribution >= 4 is 27.5 Å². The van der Waals surface area contributed by atoms with Crippen LogP contribution in [0.2, 0.25) is 0 Å². The molecule has 9 heteroatoms. The van der Waals surface area contributed by atoms with E-state index in [4.69, 9.17) is 5.84 Å². The van der Waals surface area contributed by atoms with Gasteiger partial charge in [0.25, 0.3) is 21.8 Å². The zero-order valence-electron chi connectivity index (χ0n) is 15.3. The van der Waals surface area contributed by atoms with Crippen molar-refractivity contribution in [3.63, 3.8) is 0 Å². The average Bonchev–Trinajstić information content (AvgIpc) is 2.74. The molecule has 2 amide bonds. The number of carbonyl (C=O) groups excluding carboxylic acids is 2. The summed E-state index contributed by atoms with van der Waals surface area (Å²) in [5.74, 6) is 4.47. The Labute approximate surface area is 168 Å². The number of hydrogen-bond acceptors (Lipinski definition) is 5. The summed E-state index contributed by atoms with van der Waals surface area (Å²) in [5.41, 5.74) is 0.751. The van der Waals surface area contributed by atoms with Gasteiger partial charge in [-0.3, -0.25) is 9.59 Å². The average molecular weight is 411 g/mol. The summed E-state index contributed by atoms with van der Waals surface area (Å²) in [4.78, 5) is 24.5. The highest BCUT2D eigenvalue weighted by Gasteiger charge is 2.27. The lowest BCUT2D eigenvalue weighted by molar-refractivity contribution is -0.684. The van der Waals surface area contributed by atoms with E-state index in [0.717, 1.165) is 0 Å². The zero-order chi connectivity index (χ0) is 20.9. The van der Waals surface area contributed by atoms with Gasteiger partial charge >= 0.3 is 0 Å². The molecule has 0 bridgehead atoms. The molecule has 0 radical (unpaired) electrons. The van der Waals surface area contributed by atoms with Crippen LogP contribution in [0.5, 0.6) is 0 Å². The number of aromatic nitrogens is 1. The van der Waals surface area contributed by atoms with Crippen molar-refractivity contribution in [2.24, 2.45) is 5.84 Å². The van der Waals surface area contributed by atoms with Crippen LogP contribution in [-0.4, -0.2) is 24.6 Å². The summed E-state index contributed by atoms with van der Waals surface area (Å²) in [6, 6.07) is 19.3. The van der Waals surface area contributed by atoms with Crippen LogP contribution in [0.25, 0.3) is 0 Å². The van der Waals surface area contributed by atoms with E-state index in [1.54, 1.807) is 22.8 Å². The molecular formula is C20H19N4O4S+. The minimum absolute atomic E-state index is 0.0258. The van der Waals surface area contributed by atoms with Crippen LogP contribution in [-0.2, 0) is 21.4 Å². The van der Waals surface area contributed by atoms with Gasteiger partial charge in [0.1, 0.15) is 0 Å². The van der Waals surface area contributed by atoms with Gasteiger partial charge in [-0.15, -0.1) is 0 Å². The molecule has 3 aromatic rings. The Bertz CT molecular complexity index is 1100. The molecule has 3 rings (SSSR count). The van der Waals surface area contributed by atoms with Crippen molar-refractivity contribution in [2.45, 2.75) is 11.4 Å². The van der Waals surface area contributed by atoms with E-state index in [-0.39, 0.29) is 27.3 Å². The van der Waals surface area contributed by atoms with Gasteiger partial charge in [-0.1, -0.05) is 36.4 Å². The number of nitrogens with one attached hydrogen (secondary N) is 1. The maximum atomic E-state index is 12.5. The molecule has 0 saturated heterocycles. The third-order valence-corrected chi connectivity index (χ3v) is 5.57. The molecule has 148 valence electrons. The summed E-state index contributed by atoms with van der Waals surface area (Å²) < 4.78 is 26.7. The van der Waals surface area contributed by atoms with Crippen LogP contribution >= 0.6 is 0 Å². The maximum absolute atomic E-state index is 12.5. The van der Waals surface area contributed by atoms with Gasteiger partial charge in [0.2, 0.25) is 6.54 Å². The number of anilines is 1. The van der Waals surface area contributed by atoms with Crippen LogP contribution < -0.4 is 15.7 Å². The van der Waals surface area contributed by atoms with Gasteiger partial charge in [0.05, 0.1) is 10.5 Å². The number of hydrogen-bond donors (Lipinski definition) is 2. The molecule has 1 heterocycles. The van der Waals surface area contributed by atoms with Crippen molar-refractivity contribution in [1.29, 1.82) is 0 Å². The fourth-order valence-corrected chi connectivity index (χ4v) is 3.59. The Morgan fingerprint density at radius 3 is 2.03 bits per heavy atom. The fourth-order valence-electron chi connectivity index (χ4n) is 2.54. The SMILES string of the molecule is NN(C(=O)c1cc[n+](CC(=O)Nc2ccccc2)cc1)S(=O)(=O)c1ccccc1. The van der Waals surface area contributed by atoms with E-state index in [2.05, 4.69) is 5.32 Å². The number of rotatable bonds is 6. The fraction of sp³-hybridized carbons (Fsp3) is 0.0500. The minimum Gasteiger partial charge on any atom is -0.321 e. The van der Waals surface area contributed by atoms with Gasteiger partial charge in [-0.25, -0.2) is 5.84 Å². The molecule has 0 unspecified atom stereocenters.